The molecular formula is C32H38O3. The fraction of sp³-hybridized carbons (Fsp3) is 0.344. The number of unbranched alkanes of at least 4 members (excludes halogenated alkanes) is 2. The Kier molecular flexibility index (Phi) is 10.3. The Labute approximate surface area is 210 Å². The molecule has 0 aliphatic heterocycles. The van der Waals surface area contributed by atoms with E-state index in [1.807, 2.05) is 6.92 Å². The molecule has 0 aromatic heterocycles. The van der Waals surface area contributed by atoms with Gasteiger partial charge >= 0.3 is 5.97 Å². The fourth-order valence-electron chi connectivity index (χ4n) is 4.14. The summed E-state index contributed by atoms with van der Waals surface area (Å²) in [6.07, 6.45) is 7.02. The molecule has 0 heterocycles. The molecule has 0 radical (unpaired) electrons. The molecule has 0 saturated heterocycles. The zero-order valence-electron chi connectivity index (χ0n) is 21.2. The van der Waals surface area contributed by atoms with Crippen LogP contribution in [0, 0.1) is 0 Å². The summed E-state index contributed by atoms with van der Waals surface area (Å²) in [6.45, 7) is 8.33. The third kappa shape index (κ3) is 7.66. The Balaban J connectivity index is 1.87. The topological polar surface area (TPSA) is 46.5 Å². The number of esters is 1. The van der Waals surface area contributed by atoms with E-state index in [0.29, 0.717) is 12.0 Å². The van der Waals surface area contributed by atoms with Gasteiger partial charge in [0.2, 0.25) is 0 Å². The Morgan fingerprint density at radius 3 is 2.00 bits per heavy atom. The number of ether oxygens (including phenoxy) is 1. The van der Waals surface area contributed by atoms with Crippen molar-refractivity contribution < 1.29 is 14.6 Å². The van der Waals surface area contributed by atoms with Crippen molar-refractivity contribution in [2.75, 3.05) is 6.61 Å². The maximum absolute atomic E-state index is 12.3. The standard InChI is InChI=1S/C32H38O3/c1-4-6-7-9-25-11-15-27(16-12-25)29-19-20-31(28-17-13-26(14-18-28)10-8-21-33)30(22-29)23-35-32(34)24(3)5-2/h11-20,22,33H,3-10,21,23H2,1-2H3. The molecule has 0 bridgehead atoms. The maximum atomic E-state index is 12.3. The molecule has 3 rings (SSSR count). The van der Waals surface area contributed by atoms with Crippen molar-refractivity contribution in [3.63, 3.8) is 0 Å². The second kappa shape index (κ2) is 13.7. The smallest absolute Gasteiger partial charge is 0.333 e. The number of aryl methyl sites for hydroxylation is 2. The number of hydrogen-bond acceptors (Lipinski definition) is 3. The highest BCUT2D eigenvalue weighted by Crippen LogP contribution is 2.30. The number of rotatable bonds is 13. The molecule has 3 nitrogen and oxygen atoms in total. The van der Waals surface area contributed by atoms with Crippen molar-refractivity contribution in [2.45, 2.75) is 65.4 Å². The normalized spacial score (nSPS) is 10.8. The zero-order valence-corrected chi connectivity index (χ0v) is 21.2. The van der Waals surface area contributed by atoms with Gasteiger partial charge in [-0.25, -0.2) is 4.79 Å². The maximum Gasteiger partial charge on any atom is 0.333 e. The Hall–Kier alpha value is -3.17. The monoisotopic (exact) mass is 470 g/mol. The minimum absolute atomic E-state index is 0.196. The van der Waals surface area contributed by atoms with Gasteiger partial charge in [-0.05, 0) is 77.1 Å². The minimum Gasteiger partial charge on any atom is -0.457 e. The van der Waals surface area contributed by atoms with Crippen LogP contribution in [0.25, 0.3) is 22.3 Å². The Morgan fingerprint density at radius 1 is 0.800 bits per heavy atom. The summed E-state index contributed by atoms with van der Waals surface area (Å²) in [5, 5.41) is 9.09. The molecule has 3 heteroatoms. The molecule has 3 aromatic carbocycles. The number of aliphatic hydroxyl groups excluding tert-OH is 1. The van der Waals surface area contributed by atoms with E-state index in [4.69, 9.17) is 9.84 Å². The van der Waals surface area contributed by atoms with E-state index in [-0.39, 0.29) is 19.2 Å². The van der Waals surface area contributed by atoms with Crippen LogP contribution in [0.2, 0.25) is 0 Å². The molecule has 35 heavy (non-hydrogen) atoms. The van der Waals surface area contributed by atoms with Crippen LogP contribution in [0.4, 0.5) is 0 Å². The second-order valence-corrected chi connectivity index (χ2v) is 9.08. The summed E-state index contributed by atoms with van der Waals surface area (Å²) in [6, 6.07) is 23.6. The van der Waals surface area contributed by atoms with E-state index in [9.17, 15) is 4.79 Å². The first-order chi connectivity index (χ1) is 17.0. The van der Waals surface area contributed by atoms with E-state index in [1.54, 1.807) is 0 Å². The summed E-state index contributed by atoms with van der Waals surface area (Å²) in [5.74, 6) is -0.348. The van der Waals surface area contributed by atoms with Crippen LogP contribution in [-0.4, -0.2) is 17.7 Å². The third-order valence-corrected chi connectivity index (χ3v) is 6.42. The van der Waals surface area contributed by atoms with E-state index in [2.05, 4.69) is 80.2 Å². The Morgan fingerprint density at radius 2 is 1.40 bits per heavy atom. The molecule has 0 unspecified atom stereocenters. The predicted molar refractivity (Wildman–Crippen MR) is 145 cm³/mol. The molecule has 0 aliphatic rings. The lowest BCUT2D eigenvalue weighted by Gasteiger charge is -2.14. The summed E-state index contributed by atoms with van der Waals surface area (Å²) in [5.41, 5.74) is 8.40. The van der Waals surface area contributed by atoms with Gasteiger partial charge in [0.05, 0.1) is 0 Å². The highest BCUT2D eigenvalue weighted by Gasteiger charge is 2.12. The van der Waals surface area contributed by atoms with Gasteiger partial charge in [0.15, 0.2) is 0 Å². The molecule has 0 aliphatic carbocycles. The lowest BCUT2D eigenvalue weighted by Crippen LogP contribution is -2.07. The second-order valence-electron chi connectivity index (χ2n) is 9.08. The van der Waals surface area contributed by atoms with E-state index in [1.165, 1.54) is 30.4 Å². The molecule has 184 valence electrons. The minimum atomic E-state index is -0.348. The van der Waals surface area contributed by atoms with Crippen LogP contribution in [0.15, 0.2) is 78.9 Å². The highest BCUT2D eigenvalue weighted by molar-refractivity contribution is 5.87. The number of aliphatic hydroxyl groups is 1. The average molecular weight is 471 g/mol. The van der Waals surface area contributed by atoms with Crippen molar-refractivity contribution in [2.24, 2.45) is 0 Å². The van der Waals surface area contributed by atoms with Gasteiger partial charge in [-0.2, -0.15) is 0 Å². The predicted octanol–water partition coefficient (Wildman–Crippen LogP) is 7.69. The SMILES string of the molecule is C=C(CC)C(=O)OCc1cc(-c2ccc(CCCCC)cc2)ccc1-c1ccc(CCCO)cc1. The van der Waals surface area contributed by atoms with Crippen molar-refractivity contribution in [1.82, 2.24) is 0 Å². The van der Waals surface area contributed by atoms with E-state index >= 15 is 0 Å². The van der Waals surface area contributed by atoms with Crippen molar-refractivity contribution >= 4 is 5.97 Å². The van der Waals surface area contributed by atoms with Crippen LogP contribution < -0.4 is 0 Å². The molecule has 0 atom stereocenters. The van der Waals surface area contributed by atoms with Crippen LogP contribution in [0.5, 0.6) is 0 Å². The first kappa shape index (κ1) is 26.4. The van der Waals surface area contributed by atoms with Gasteiger partial charge in [-0.1, -0.05) is 93.9 Å². The van der Waals surface area contributed by atoms with Gasteiger partial charge in [0.1, 0.15) is 6.61 Å². The third-order valence-electron chi connectivity index (χ3n) is 6.42. The van der Waals surface area contributed by atoms with Crippen LogP contribution >= 0.6 is 0 Å². The summed E-state index contributed by atoms with van der Waals surface area (Å²) in [4.78, 5) is 12.3. The number of carbonyl (C=O) groups excluding carboxylic acids is 1. The van der Waals surface area contributed by atoms with Gasteiger partial charge in [-0.3, -0.25) is 0 Å². The zero-order chi connectivity index (χ0) is 25.0. The Bertz CT molecular complexity index is 1090. The van der Waals surface area contributed by atoms with Gasteiger partial charge in [-0.15, -0.1) is 0 Å². The summed E-state index contributed by atoms with van der Waals surface area (Å²) >= 11 is 0. The van der Waals surface area contributed by atoms with E-state index in [0.717, 1.165) is 47.1 Å². The average Bonchev–Trinajstić information content (AvgIpc) is 2.90. The lowest BCUT2D eigenvalue weighted by atomic mass is 9.94. The fourth-order valence-corrected chi connectivity index (χ4v) is 4.14. The van der Waals surface area contributed by atoms with Crippen LogP contribution in [-0.2, 0) is 29.0 Å². The van der Waals surface area contributed by atoms with Gasteiger partial charge in [0, 0.05) is 12.2 Å². The molecule has 3 aromatic rings. The van der Waals surface area contributed by atoms with Crippen LogP contribution in [0.3, 0.4) is 0 Å². The molecule has 0 spiro atoms. The van der Waals surface area contributed by atoms with Crippen molar-refractivity contribution in [3.8, 4) is 22.3 Å². The summed E-state index contributed by atoms with van der Waals surface area (Å²) in [7, 11) is 0. The van der Waals surface area contributed by atoms with Crippen molar-refractivity contribution in [1.29, 1.82) is 0 Å². The van der Waals surface area contributed by atoms with Gasteiger partial charge < -0.3 is 9.84 Å². The number of benzene rings is 3. The molecule has 0 saturated carbocycles. The first-order valence-electron chi connectivity index (χ1n) is 12.8. The molecule has 1 N–H and O–H groups in total. The van der Waals surface area contributed by atoms with Gasteiger partial charge in [0.25, 0.3) is 0 Å². The molecule has 0 amide bonds. The number of hydrogen-bond donors (Lipinski definition) is 1. The first-order valence-corrected chi connectivity index (χ1v) is 12.8. The summed E-state index contributed by atoms with van der Waals surface area (Å²) < 4.78 is 5.62. The molecule has 0 fully saturated rings. The van der Waals surface area contributed by atoms with Crippen LogP contribution in [0.1, 0.15) is 62.6 Å². The van der Waals surface area contributed by atoms with Crippen molar-refractivity contribution in [3.05, 3.63) is 95.6 Å². The van der Waals surface area contributed by atoms with E-state index < -0.39 is 0 Å². The quantitative estimate of drug-likeness (QED) is 0.158. The number of carbonyl (C=O) groups is 1. The highest BCUT2D eigenvalue weighted by atomic mass is 16.5. The largest absolute Gasteiger partial charge is 0.457 e. The molecular weight excluding hydrogens is 432 g/mol. The lowest BCUT2D eigenvalue weighted by molar-refractivity contribution is -0.140.